The molecule has 1 aromatic rings. The van der Waals surface area contributed by atoms with Crippen LogP contribution >= 0.6 is 0 Å². The molecular weight excluding hydrogens is 200 g/mol. The van der Waals surface area contributed by atoms with Gasteiger partial charge in [0.2, 0.25) is 0 Å². The fourth-order valence-corrected chi connectivity index (χ4v) is 2.29. The molecule has 0 atom stereocenters. The molecule has 2 rings (SSSR count). The van der Waals surface area contributed by atoms with Crippen molar-refractivity contribution in [3.05, 3.63) is 35.4 Å². The summed E-state index contributed by atoms with van der Waals surface area (Å²) in [6.07, 6.45) is 2.18. The molecule has 0 unspecified atom stereocenters. The van der Waals surface area contributed by atoms with Gasteiger partial charge < -0.3 is 0 Å². The highest BCUT2D eigenvalue weighted by atomic mass is 16.1. The zero-order valence-corrected chi connectivity index (χ0v) is 9.53. The van der Waals surface area contributed by atoms with E-state index in [9.17, 15) is 9.59 Å². The van der Waals surface area contributed by atoms with E-state index >= 15 is 0 Å². The van der Waals surface area contributed by atoms with Crippen LogP contribution in [0.4, 0.5) is 0 Å². The summed E-state index contributed by atoms with van der Waals surface area (Å²) < 4.78 is 0. The van der Waals surface area contributed by atoms with E-state index < -0.39 is 0 Å². The maximum Gasteiger partial charge on any atom is 0.140 e. The number of Topliss-reactive ketones (excluding diaryl/α,β-unsaturated/α-hetero) is 2. The Bertz CT molecular complexity index is 404. The van der Waals surface area contributed by atoms with Gasteiger partial charge in [0, 0.05) is 12.8 Å². The lowest BCUT2D eigenvalue weighted by molar-refractivity contribution is -0.130. The van der Waals surface area contributed by atoms with Crippen LogP contribution in [-0.2, 0) is 16.0 Å². The van der Waals surface area contributed by atoms with Gasteiger partial charge in [-0.15, -0.1) is 0 Å². The third-order valence-electron chi connectivity index (χ3n) is 3.17. The first kappa shape index (κ1) is 11.1. The number of rotatable bonds is 2. The fraction of sp³-hybridized carbons (Fsp3) is 0.429. The van der Waals surface area contributed by atoms with E-state index in [4.69, 9.17) is 0 Å². The van der Waals surface area contributed by atoms with E-state index in [1.165, 1.54) is 5.56 Å². The summed E-state index contributed by atoms with van der Waals surface area (Å²) in [7, 11) is 0. The van der Waals surface area contributed by atoms with Gasteiger partial charge in [-0.05, 0) is 23.5 Å². The van der Waals surface area contributed by atoms with Gasteiger partial charge in [0.1, 0.15) is 11.6 Å². The minimum Gasteiger partial charge on any atom is -0.299 e. The van der Waals surface area contributed by atoms with E-state index in [0.717, 1.165) is 12.0 Å². The molecule has 1 fully saturated rings. The second-order valence-corrected chi connectivity index (χ2v) is 4.46. The van der Waals surface area contributed by atoms with Crippen molar-refractivity contribution in [1.29, 1.82) is 0 Å². The second-order valence-electron chi connectivity index (χ2n) is 4.46. The molecule has 0 N–H and O–H groups in total. The van der Waals surface area contributed by atoms with Gasteiger partial charge in [-0.25, -0.2) is 0 Å². The van der Waals surface area contributed by atoms with Gasteiger partial charge in [-0.1, -0.05) is 31.2 Å². The largest absolute Gasteiger partial charge is 0.299 e. The highest BCUT2D eigenvalue weighted by Crippen LogP contribution is 2.29. The summed E-state index contributed by atoms with van der Waals surface area (Å²) in [6, 6.07) is 8.24. The van der Waals surface area contributed by atoms with Crippen molar-refractivity contribution in [3.8, 4) is 0 Å². The Balaban J connectivity index is 2.22. The topological polar surface area (TPSA) is 34.1 Å². The first-order valence-corrected chi connectivity index (χ1v) is 5.81. The number of carbonyl (C=O) groups is 2. The summed E-state index contributed by atoms with van der Waals surface area (Å²) in [5.41, 5.74) is 2.41. The molecule has 0 bridgehead atoms. The fourth-order valence-electron chi connectivity index (χ4n) is 2.29. The lowest BCUT2D eigenvalue weighted by Gasteiger charge is -2.20. The van der Waals surface area contributed by atoms with Crippen LogP contribution in [0.25, 0.3) is 0 Å². The molecule has 1 aromatic carbocycles. The molecule has 0 saturated heterocycles. The van der Waals surface area contributed by atoms with Gasteiger partial charge in [-0.3, -0.25) is 9.59 Å². The first-order valence-electron chi connectivity index (χ1n) is 5.81. The third kappa shape index (κ3) is 2.38. The van der Waals surface area contributed by atoms with Crippen LogP contribution in [0, 0.1) is 0 Å². The Morgan fingerprint density at radius 1 is 1.19 bits per heavy atom. The molecule has 0 aromatic heterocycles. The zero-order chi connectivity index (χ0) is 11.5. The highest BCUT2D eigenvalue weighted by molar-refractivity contribution is 6.02. The number of hydrogen-bond donors (Lipinski definition) is 0. The lowest BCUT2D eigenvalue weighted by Crippen LogP contribution is -2.21. The maximum absolute atomic E-state index is 11.4. The Labute approximate surface area is 95.7 Å². The van der Waals surface area contributed by atoms with Gasteiger partial charge in [-0.2, -0.15) is 0 Å². The predicted octanol–water partition coefficient (Wildman–Crippen LogP) is 2.65. The van der Waals surface area contributed by atoms with Crippen LogP contribution in [0.1, 0.15) is 43.2 Å². The smallest absolute Gasteiger partial charge is 0.140 e. The monoisotopic (exact) mass is 216 g/mol. The summed E-state index contributed by atoms with van der Waals surface area (Å²) in [5, 5.41) is 0. The van der Waals surface area contributed by atoms with Crippen LogP contribution in [0.2, 0.25) is 0 Å². The zero-order valence-electron chi connectivity index (χ0n) is 9.53. The van der Waals surface area contributed by atoms with Gasteiger partial charge in [0.15, 0.2) is 0 Å². The molecule has 84 valence electrons. The molecule has 1 aliphatic rings. The molecule has 0 amide bonds. The minimum absolute atomic E-state index is 0.0863. The second kappa shape index (κ2) is 4.60. The molecule has 1 aliphatic carbocycles. The molecule has 16 heavy (non-hydrogen) atoms. The summed E-state index contributed by atoms with van der Waals surface area (Å²) >= 11 is 0. The minimum atomic E-state index is 0.0863. The van der Waals surface area contributed by atoms with Crippen molar-refractivity contribution in [2.45, 2.75) is 38.5 Å². The molecule has 1 saturated carbocycles. The van der Waals surface area contributed by atoms with Gasteiger partial charge >= 0.3 is 0 Å². The normalized spacial score (nSPS) is 17.8. The highest BCUT2D eigenvalue weighted by Gasteiger charge is 2.26. The predicted molar refractivity (Wildman–Crippen MR) is 62.4 cm³/mol. The van der Waals surface area contributed by atoms with Crippen LogP contribution in [0.5, 0.6) is 0 Å². The summed E-state index contributed by atoms with van der Waals surface area (Å²) in [6.45, 7) is 2.11. The average molecular weight is 216 g/mol. The molecule has 0 aliphatic heterocycles. The molecule has 2 heteroatoms. The summed E-state index contributed by atoms with van der Waals surface area (Å²) in [5.74, 6) is 0.284. The number of benzene rings is 1. The Morgan fingerprint density at radius 3 is 2.50 bits per heavy atom. The molecule has 0 spiro atoms. The Morgan fingerprint density at radius 2 is 1.88 bits per heavy atom. The first-order chi connectivity index (χ1) is 7.69. The maximum atomic E-state index is 11.4. The Hall–Kier alpha value is -1.44. The molecule has 0 heterocycles. The number of carbonyl (C=O) groups excluding carboxylic acids is 2. The number of ketones is 2. The lowest BCUT2D eigenvalue weighted by atomic mass is 9.82. The van der Waals surface area contributed by atoms with E-state index in [1.807, 2.05) is 12.1 Å². The quantitative estimate of drug-likeness (QED) is 0.712. The van der Waals surface area contributed by atoms with Crippen molar-refractivity contribution in [2.75, 3.05) is 0 Å². The van der Waals surface area contributed by atoms with Crippen molar-refractivity contribution >= 4 is 11.6 Å². The Kier molecular flexibility index (Phi) is 3.18. The third-order valence-corrected chi connectivity index (χ3v) is 3.17. The number of aryl methyl sites for hydroxylation is 1. The van der Waals surface area contributed by atoms with E-state index in [2.05, 4.69) is 19.1 Å². The van der Waals surface area contributed by atoms with Crippen LogP contribution in [0.15, 0.2) is 24.3 Å². The molecule has 0 radical (unpaired) electrons. The van der Waals surface area contributed by atoms with Crippen molar-refractivity contribution < 1.29 is 9.59 Å². The summed E-state index contributed by atoms with van der Waals surface area (Å²) in [4.78, 5) is 22.8. The van der Waals surface area contributed by atoms with Crippen LogP contribution in [-0.4, -0.2) is 11.6 Å². The SMILES string of the molecule is CCc1cccc(C2CC(=O)CC(=O)C2)c1. The average Bonchev–Trinajstić information content (AvgIpc) is 2.28. The van der Waals surface area contributed by atoms with Gasteiger partial charge in [0.05, 0.1) is 6.42 Å². The molecule has 2 nitrogen and oxygen atoms in total. The standard InChI is InChI=1S/C14H16O2/c1-2-10-4-3-5-11(6-10)12-7-13(15)9-14(16)8-12/h3-6,12H,2,7-9H2,1H3. The van der Waals surface area contributed by atoms with Crippen molar-refractivity contribution in [3.63, 3.8) is 0 Å². The van der Waals surface area contributed by atoms with Crippen LogP contribution in [0.3, 0.4) is 0 Å². The molecular formula is C14H16O2. The van der Waals surface area contributed by atoms with Gasteiger partial charge in [0.25, 0.3) is 0 Å². The number of hydrogen-bond acceptors (Lipinski definition) is 2. The van der Waals surface area contributed by atoms with E-state index in [-0.39, 0.29) is 23.9 Å². The van der Waals surface area contributed by atoms with E-state index in [1.54, 1.807) is 0 Å². The van der Waals surface area contributed by atoms with Crippen molar-refractivity contribution in [1.82, 2.24) is 0 Å². The van der Waals surface area contributed by atoms with Crippen molar-refractivity contribution in [2.24, 2.45) is 0 Å². The van der Waals surface area contributed by atoms with Crippen LogP contribution < -0.4 is 0 Å². The van der Waals surface area contributed by atoms with E-state index in [0.29, 0.717) is 12.8 Å².